The zero-order chi connectivity index (χ0) is 26.6. The number of alkyl halides is 2. The minimum absolute atomic E-state index is 0.0134. The van der Waals surface area contributed by atoms with Gasteiger partial charge in [-0.2, -0.15) is 0 Å². The Morgan fingerprint density at radius 1 is 1.22 bits per heavy atom. The minimum Gasteiger partial charge on any atom is -0.491 e. The van der Waals surface area contributed by atoms with Gasteiger partial charge in [0.25, 0.3) is 0 Å². The Morgan fingerprint density at radius 2 is 1.86 bits per heavy atom. The Balaban J connectivity index is 0.00000145. The lowest BCUT2D eigenvalue weighted by molar-refractivity contribution is -0.111. The first-order valence-electron chi connectivity index (χ1n) is 11.5. The van der Waals surface area contributed by atoms with Crippen molar-refractivity contribution >= 4 is 35.4 Å². The Kier molecular flexibility index (Phi) is 11.3. The van der Waals surface area contributed by atoms with Gasteiger partial charge in [0.15, 0.2) is 0 Å². The van der Waals surface area contributed by atoms with Gasteiger partial charge in [-0.25, -0.2) is 13.2 Å². The number of hydrogen-bond donors (Lipinski definition) is 3. The number of nitrogens with zero attached hydrogens (tertiary/aromatic N) is 1. The van der Waals surface area contributed by atoms with Crippen molar-refractivity contribution in [2.45, 2.75) is 32.1 Å². The molecule has 4 N–H and O–H groups in total. The third-order valence-electron chi connectivity index (χ3n) is 5.41. The van der Waals surface area contributed by atoms with Gasteiger partial charge in [-0.1, -0.05) is 6.58 Å². The Morgan fingerprint density at radius 3 is 2.44 bits per heavy atom. The fourth-order valence-corrected chi connectivity index (χ4v) is 3.75. The highest BCUT2D eigenvalue weighted by Gasteiger charge is 2.44. The zero-order valence-corrected chi connectivity index (χ0v) is 20.5. The van der Waals surface area contributed by atoms with Gasteiger partial charge >= 0.3 is 0 Å². The number of amides is 1. The second-order valence-electron chi connectivity index (χ2n) is 8.19. The van der Waals surface area contributed by atoms with Crippen LogP contribution in [0.4, 0.5) is 30.2 Å². The highest BCUT2D eigenvalue weighted by molar-refractivity contribution is 5.83. The normalized spacial score (nSPS) is 14.4. The summed E-state index contributed by atoms with van der Waals surface area (Å²) in [7, 11) is 1.57. The molecule has 3 rings (SSSR count). The number of primary amides is 1. The molecule has 1 aliphatic rings. The molecule has 0 unspecified atom stereocenters. The summed E-state index contributed by atoms with van der Waals surface area (Å²) in [5, 5.41) is 6.37. The maximum absolute atomic E-state index is 14.9. The van der Waals surface area contributed by atoms with Crippen LogP contribution in [0, 0.1) is 11.7 Å². The standard InChI is InChI=1S/C25H30F3N3O2.CH3NO/c1-4-29-23-14-21(33-12-11-32-3)13-22(26)24(23)17(2)31-20-7-5-19(6-8-20)30-10-9-18-15-25(27,28)16-18;2-1-3/h4-8,13-14,18,30-31H,2,9-12,15-16H2,1,3H3;1H,(H2,2,3). The molecule has 2 aromatic carbocycles. The Bertz CT molecular complexity index is 1020. The van der Waals surface area contributed by atoms with Gasteiger partial charge in [-0.15, -0.1) is 0 Å². The van der Waals surface area contributed by atoms with Crippen LogP contribution in [0.2, 0.25) is 0 Å². The topological polar surface area (TPSA) is 98.0 Å². The van der Waals surface area contributed by atoms with Crippen LogP contribution in [0.25, 0.3) is 5.70 Å². The molecule has 1 amide bonds. The van der Waals surface area contributed by atoms with Crippen LogP contribution in [0.15, 0.2) is 48.0 Å². The smallest absolute Gasteiger partial charge is 0.248 e. The molecule has 0 atom stereocenters. The third kappa shape index (κ3) is 8.92. The lowest BCUT2D eigenvalue weighted by atomic mass is 9.79. The van der Waals surface area contributed by atoms with Crippen molar-refractivity contribution in [1.29, 1.82) is 0 Å². The first kappa shape index (κ1) is 28.7. The summed E-state index contributed by atoms with van der Waals surface area (Å²) >= 11 is 0. The van der Waals surface area contributed by atoms with Gasteiger partial charge < -0.3 is 25.8 Å². The number of nitrogens with two attached hydrogens (primary N) is 1. The van der Waals surface area contributed by atoms with Gasteiger partial charge in [0.05, 0.1) is 17.9 Å². The number of benzene rings is 2. The first-order valence-corrected chi connectivity index (χ1v) is 11.5. The van der Waals surface area contributed by atoms with Crippen LogP contribution in [0.1, 0.15) is 31.7 Å². The maximum atomic E-state index is 14.9. The summed E-state index contributed by atoms with van der Waals surface area (Å²) in [6.07, 6.45) is 2.52. The van der Waals surface area contributed by atoms with Gasteiger partial charge in [0.1, 0.15) is 18.2 Å². The molecule has 10 heteroatoms. The van der Waals surface area contributed by atoms with Crippen molar-refractivity contribution in [2.75, 3.05) is 37.5 Å². The average Bonchev–Trinajstić information content (AvgIpc) is 2.79. The summed E-state index contributed by atoms with van der Waals surface area (Å²) in [5.41, 5.74) is 6.81. The molecule has 196 valence electrons. The quantitative estimate of drug-likeness (QED) is 0.198. The van der Waals surface area contributed by atoms with E-state index in [1.54, 1.807) is 26.3 Å². The number of methoxy groups -OCH3 is 1. The van der Waals surface area contributed by atoms with E-state index in [1.807, 2.05) is 24.3 Å². The zero-order valence-electron chi connectivity index (χ0n) is 20.5. The minimum atomic E-state index is -2.47. The fourth-order valence-electron chi connectivity index (χ4n) is 3.75. The molecule has 0 heterocycles. The molecule has 0 aliphatic heterocycles. The summed E-state index contributed by atoms with van der Waals surface area (Å²) < 4.78 is 51.2. The maximum Gasteiger partial charge on any atom is 0.248 e. The molecule has 2 aromatic rings. The predicted molar refractivity (Wildman–Crippen MR) is 138 cm³/mol. The van der Waals surface area contributed by atoms with Gasteiger partial charge in [0.2, 0.25) is 12.3 Å². The molecular weight excluding hydrogens is 473 g/mol. The van der Waals surface area contributed by atoms with Crippen molar-refractivity contribution in [3.63, 3.8) is 0 Å². The number of rotatable bonds is 12. The lowest BCUT2D eigenvalue weighted by Crippen LogP contribution is -2.36. The SMILES string of the molecule is C=C(Nc1ccc(NCCC2CC(F)(F)C2)cc1)c1c(F)cc(OCCOC)cc1N=CC.NC=O. The number of nitrogens with one attached hydrogen (secondary N) is 2. The van der Waals surface area contributed by atoms with Crippen LogP contribution in [0.3, 0.4) is 0 Å². The second-order valence-corrected chi connectivity index (χ2v) is 8.19. The van der Waals surface area contributed by atoms with E-state index in [9.17, 15) is 13.2 Å². The van der Waals surface area contributed by atoms with Gasteiger partial charge in [-0.3, -0.25) is 9.79 Å². The van der Waals surface area contributed by atoms with Gasteiger partial charge in [-0.05, 0) is 43.5 Å². The van der Waals surface area contributed by atoms with Crippen molar-refractivity contribution < 1.29 is 27.4 Å². The van der Waals surface area contributed by atoms with Crippen molar-refractivity contribution in [1.82, 2.24) is 0 Å². The van der Waals surface area contributed by atoms with Crippen LogP contribution >= 0.6 is 0 Å². The Labute approximate surface area is 209 Å². The van der Waals surface area contributed by atoms with Crippen LogP contribution in [-0.2, 0) is 9.53 Å². The van der Waals surface area contributed by atoms with E-state index in [2.05, 4.69) is 27.9 Å². The molecule has 1 saturated carbocycles. The first-order chi connectivity index (χ1) is 17.2. The second kappa shape index (κ2) is 14.1. The molecule has 0 radical (unpaired) electrons. The molecule has 0 saturated heterocycles. The molecule has 0 aromatic heterocycles. The number of carbonyl (C=O) groups is 1. The van der Waals surface area contributed by atoms with E-state index in [1.165, 1.54) is 6.07 Å². The third-order valence-corrected chi connectivity index (χ3v) is 5.41. The number of ether oxygens (including phenoxy) is 2. The largest absolute Gasteiger partial charge is 0.491 e. The predicted octanol–water partition coefficient (Wildman–Crippen LogP) is 5.60. The molecule has 1 fully saturated rings. The summed E-state index contributed by atoms with van der Waals surface area (Å²) in [6, 6.07) is 10.4. The van der Waals surface area contributed by atoms with Gasteiger partial charge in [0, 0.05) is 61.9 Å². The van der Waals surface area contributed by atoms with E-state index in [-0.39, 0.29) is 30.7 Å². The number of aliphatic imine (C=N–C) groups is 1. The highest BCUT2D eigenvalue weighted by Crippen LogP contribution is 2.43. The summed E-state index contributed by atoms with van der Waals surface area (Å²) in [4.78, 5) is 12.9. The van der Waals surface area contributed by atoms with Crippen molar-refractivity contribution in [3.8, 4) is 5.75 Å². The van der Waals surface area contributed by atoms with Crippen molar-refractivity contribution in [2.24, 2.45) is 16.6 Å². The van der Waals surface area contributed by atoms with E-state index >= 15 is 0 Å². The summed E-state index contributed by atoms with van der Waals surface area (Å²) in [6.45, 7) is 7.07. The average molecular weight is 507 g/mol. The van der Waals surface area contributed by atoms with Crippen molar-refractivity contribution in [3.05, 3.63) is 54.4 Å². The lowest BCUT2D eigenvalue weighted by Gasteiger charge is -2.35. The monoisotopic (exact) mass is 506 g/mol. The highest BCUT2D eigenvalue weighted by atomic mass is 19.3. The van der Waals surface area contributed by atoms with E-state index in [4.69, 9.17) is 14.3 Å². The molecule has 0 bridgehead atoms. The fraction of sp³-hybridized carbons (Fsp3) is 0.385. The van der Waals surface area contributed by atoms with E-state index in [0.29, 0.717) is 36.9 Å². The number of halogens is 3. The number of carbonyl (C=O) groups excluding carboxylic acids is 1. The van der Waals surface area contributed by atoms with E-state index in [0.717, 1.165) is 17.8 Å². The van der Waals surface area contributed by atoms with E-state index < -0.39 is 11.7 Å². The molecule has 7 nitrogen and oxygen atoms in total. The molecule has 36 heavy (non-hydrogen) atoms. The molecule has 1 aliphatic carbocycles. The van der Waals surface area contributed by atoms with Crippen LogP contribution in [0.5, 0.6) is 5.75 Å². The Hall–Kier alpha value is -3.53. The summed E-state index contributed by atoms with van der Waals surface area (Å²) in [5.74, 6) is -2.52. The number of anilines is 2. The van der Waals surface area contributed by atoms with Crippen LogP contribution in [-0.4, -0.2) is 45.4 Å². The number of hydrogen-bond acceptors (Lipinski definition) is 6. The van der Waals surface area contributed by atoms with Crippen LogP contribution < -0.4 is 21.1 Å². The molecule has 0 spiro atoms. The molecular formula is C26H33F3N4O3.